The number of aliphatic carboxylic acids is 1. The smallest absolute Gasteiger partial charge is 0.311 e. The summed E-state index contributed by atoms with van der Waals surface area (Å²) in [5.41, 5.74) is -0.852. The molecule has 0 bridgehead atoms. The zero-order valence-corrected chi connectivity index (χ0v) is 11.9. The van der Waals surface area contributed by atoms with Gasteiger partial charge in [0.1, 0.15) is 0 Å². The van der Waals surface area contributed by atoms with E-state index in [-0.39, 0.29) is 50.1 Å². The third-order valence-electron chi connectivity index (χ3n) is 4.36. The molecule has 0 aromatic heterocycles. The first-order valence-electron chi connectivity index (χ1n) is 7.28. The van der Waals surface area contributed by atoms with Gasteiger partial charge in [-0.15, -0.1) is 0 Å². The van der Waals surface area contributed by atoms with Gasteiger partial charge in [-0.1, -0.05) is 12.8 Å². The van der Waals surface area contributed by atoms with Crippen LogP contribution in [0, 0.1) is 5.41 Å². The lowest BCUT2D eigenvalue weighted by atomic mass is 9.86. The monoisotopic (exact) mass is 296 g/mol. The minimum absolute atomic E-state index is 0.0210. The van der Waals surface area contributed by atoms with E-state index in [0.29, 0.717) is 12.8 Å². The normalized spacial score (nSPS) is 20.9. The van der Waals surface area contributed by atoms with E-state index in [1.807, 2.05) is 0 Å². The number of nitrogens with zero attached hydrogens (tertiary/aromatic N) is 1. The molecular weight excluding hydrogens is 276 g/mol. The fourth-order valence-electron chi connectivity index (χ4n) is 2.96. The number of amides is 3. The van der Waals surface area contributed by atoms with Crippen LogP contribution in [-0.4, -0.2) is 46.8 Å². The molecule has 1 saturated heterocycles. The first-order valence-corrected chi connectivity index (χ1v) is 7.28. The minimum atomic E-state index is -0.870. The van der Waals surface area contributed by atoms with E-state index in [4.69, 9.17) is 0 Å². The van der Waals surface area contributed by atoms with Crippen LogP contribution >= 0.6 is 0 Å². The number of rotatable bonds is 6. The second-order valence-electron chi connectivity index (χ2n) is 5.76. The molecule has 1 heterocycles. The summed E-state index contributed by atoms with van der Waals surface area (Å²) in [6.07, 6.45) is 3.31. The molecule has 2 aliphatic rings. The maximum Gasteiger partial charge on any atom is 0.311 e. The van der Waals surface area contributed by atoms with Crippen LogP contribution < -0.4 is 5.32 Å². The summed E-state index contributed by atoms with van der Waals surface area (Å²) < 4.78 is 0. The minimum Gasteiger partial charge on any atom is -0.481 e. The zero-order valence-electron chi connectivity index (χ0n) is 11.9. The van der Waals surface area contributed by atoms with Crippen molar-refractivity contribution in [3.05, 3.63) is 0 Å². The van der Waals surface area contributed by atoms with E-state index in [9.17, 15) is 24.3 Å². The van der Waals surface area contributed by atoms with E-state index in [1.165, 1.54) is 0 Å². The van der Waals surface area contributed by atoms with E-state index in [2.05, 4.69) is 5.32 Å². The summed E-state index contributed by atoms with van der Waals surface area (Å²) in [5.74, 6) is -1.68. The summed E-state index contributed by atoms with van der Waals surface area (Å²) in [6, 6.07) is 0. The highest BCUT2D eigenvalue weighted by Gasteiger charge is 2.41. The topological polar surface area (TPSA) is 104 Å². The van der Waals surface area contributed by atoms with Crippen LogP contribution in [0.4, 0.5) is 0 Å². The molecule has 7 heteroatoms. The first kappa shape index (κ1) is 15.5. The van der Waals surface area contributed by atoms with Crippen LogP contribution in [0.1, 0.15) is 44.9 Å². The van der Waals surface area contributed by atoms with E-state index < -0.39 is 11.4 Å². The Labute approximate surface area is 122 Å². The molecular formula is C14H20N2O5. The van der Waals surface area contributed by atoms with Gasteiger partial charge in [0.2, 0.25) is 17.7 Å². The summed E-state index contributed by atoms with van der Waals surface area (Å²) in [4.78, 5) is 47.0. The van der Waals surface area contributed by atoms with E-state index in [0.717, 1.165) is 17.7 Å². The van der Waals surface area contributed by atoms with Crippen molar-refractivity contribution in [1.29, 1.82) is 0 Å². The van der Waals surface area contributed by atoms with Crippen LogP contribution in [0.25, 0.3) is 0 Å². The molecule has 0 radical (unpaired) electrons. The van der Waals surface area contributed by atoms with Gasteiger partial charge in [0, 0.05) is 32.4 Å². The number of hydrogen-bond acceptors (Lipinski definition) is 4. The largest absolute Gasteiger partial charge is 0.481 e. The lowest BCUT2D eigenvalue weighted by Crippen LogP contribution is -2.42. The number of carboxylic acid groups (broad SMARTS) is 1. The summed E-state index contributed by atoms with van der Waals surface area (Å²) in [6.45, 7) is 0.187. The second kappa shape index (κ2) is 6.24. The molecule has 0 spiro atoms. The molecule has 1 saturated carbocycles. The van der Waals surface area contributed by atoms with Crippen molar-refractivity contribution in [2.24, 2.45) is 5.41 Å². The average Bonchev–Trinajstić information content (AvgIpc) is 3.04. The first-order chi connectivity index (χ1) is 9.94. The maximum absolute atomic E-state index is 11.8. The summed E-state index contributed by atoms with van der Waals surface area (Å²) >= 11 is 0. The highest BCUT2D eigenvalue weighted by molar-refractivity contribution is 6.02. The molecule has 116 valence electrons. The highest BCUT2D eigenvalue weighted by Crippen LogP contribution is 2.37. The molecule has 2 fully saturated rings. The van der Waals surface area contributed by atoms with Crippen molar-refractivity contribution in [1.82, 2.24) is 10.2 Å². The molecule has 2 N–H and O–H groups in total. The van der Waals surface area contributed by atoms with Crippen molar-refractivity contribution < 1.29 is 24.3 Å². The van der Waals surface area contributed by atoms with Crippen LogP contribution in [0.15, 0.2) is 0 Å². The molecule has 0 unspecified atom stereocenters. The van der Waals surface area contributed by atoms with Crippen LogP contribution in [0.2, 0.25) is 0 Å². The molecule has 0 aromatic rings. The fourth-order valence-corrected chi connectivity index (χ4v) is 2.96. The maximum atomic E-state index is 11.8. The third kappa shape index (κ3) is 3.40. The number of likely N-dealkylation sites (tertiary alicyclic amines) is 1. The van der Waals surface area contributed by atoms with Gasteiger partial charge in [-0.3, -0.25) is 24.1 Å². The van der Waals surface area contributed by atoms with Gasteiger partial charge < -0.3 is 10.4 Å². The average molecular weight is 296 g/mol. The fraction of sp³-hybridized carbons (Fsp3) is 0.714. The number of imide groups is 1. The van der Waals surface area contributed by atoms with E-state index in [1.54, 1.807) is 0 Å². The second-order valence-corrected chi connectivity index (χ2v) is 5.76. The van der Waals surface area contributed by atoms with Crippen LogP contribution in [0.3, 0.4) is 0 Å². The molecule has 3 amide bonds. The quantitative estimate of drug-likeness (QED) is 0.685. The Morgan fingerprint density at radius 3 is 2.24 bits per heavy atom. The van der Waals surface area contributed by atoms with Crippen molar-refractivity contribution >= 4 is 23.7 Å². The van der Waals surface area contributed by atoms with Crippen molar-refractivity contribution in [2.45, 2.75) is 44.9 Å². The van der Waals surface area contributed by atoms with E-state index >= 15 is 0 Å². The molecule has 0 aromatic carbocycles. The number of nitrogens with one attached hydrogen (secondary N) is 1. The Morgan fingerprint density at radius 1 is 1.14 bits per heavy atom. The molecule has 2 rings (SSSR count). The third-order valence-corrected chi connectivity index (χ3v) is 4.36. The van der Waals surface area contributed by atoms with Crippen molar-refractivity contribution in [2.75, 3.05) is 13.1 Å². The summed E-state index contributed by atoms with van der Waals surface area (Å²) in [5, 5.41) is 11.9. The SMILES string of the molecule is O=C(CCN1C(=O)CCC1=O)NCC1(C(=O)O)CCCC1. The van der Waals surface area contributed by atoms with Gasteiger partial charge in [0.15, 0.2) is 0 Å². The van der Waals surface area contributed by atoms with Gasteiger partial charge in [-0.2, -0.15) is 0 Å². The number of carbonyl (C=O) groups is 4. The van der Waals surface area contributed by atoms with Gasteiger partial charge in [-0.05, 0) is 12.8 Å². The van der Waals surface area contributed by atoms with Gasteiger partial charge >= 0.3 is 5.97 Å². The van der Waals surface area contributed by atoms with Crippen LogP contribution in [0.5, 0.6) is 0 Å². The van der Waals surface area contributed by atoms with Crippen molar-refractivity contribution in [3.8, 4) is 0 Å². The Hall–Kier alpha value is -1.92. The van der Waals surface area contributed by atoms with Gasteiger partial charge in [0.25, 0.3) is 0 Å². The number of carboxylic acids is 1. The number of carbonyl (C=O) groups excluding carboxylic acids is 3. The Kier molecular flexibility index (Phi) is 4.59. The molecule has 21 heavy (non-hydrogen) atoms. The molecule has 0 atom stereocenters. The molecule has 7 nitrogen and oxygen atoms in total. The summed E-state index contributed by atoms with van der Waals surface area (Å²) in [7, 11) is 0. The lowest BCUT2D eigenvalue weighted by molar-refractivity contribution is -0.148. The predicted molar refractivity (Wildman–Crippen MR) is 72.1 cm³/mol. The number of hydrogen-bond donors (Lipinski definition) is 2. The highest BCUT2D eigenvalue weighted by atomic mass is 16.4. The van der Waals surface area contributed by atoms with Crippen molar-refractivity contribution in [3.63, 3.8) is 0 Å². The lowest BCUT2D eigenvalue weighted by Gasteiger charge is -2.24. The van der Waals surface area contributed by atoms with Gasteiger partial charge in [-0.25, -0.2) is 0 Å². The molecule has 1 aliphatic heterocycles. The van der Waals surface area contributed by atoms with Crippen LogP contribution in [-0.2, 0) is 19.2 Å². The molecule has 1 aliphatic carbocycles. The predicted octanol–water partition coefficient (Wildman–Crippen LogP) is 0.287. The zero-order chi connectivity index (χ0) is 15.5. The Balaban J connectivity index is 1.78. The Bertz CT molecular complexity index is 452. The van der Waals surface area contributed by atoms with Gasteiger partial charge in [0.05, 0.1) is 5.41 Å². The Morgan fingerprint density at radius 2 is 1.71 bits per heavy atom. The standard InChI is InChI=1S/C14H20N2O5/c17-10(5-8-16-11(18)3-4-12(16)19)15-9-14(13(20)21)6-1-2-7-14/h1-9H2,(H,15,17)(H,20,21).